The molecule has 0 aromatic heterocycles. The third kappa shape index (κ3) is 6.76. The Labute approximate surface area is 214 Å². The fourth-order valence-electron chi connectivity index (χ4n) is 2.78. The number of esters is 1. The maximum Gasteiger partial charge on any atom is 0.326 e. The SMILES string of the molecule is CC[C@H](C)OC(=O)CN1C(=O)S/C(=C/c2ccc(OCc3ccc(Cl)cc3Cl)c(Br)c2)C1=O. The van der Waals surface area contributed by atoms with Crippen LogP contribution in [-0.4, -0.2) is 34.7 Å². The van der Waals surface area contributed by atoms with Gasteiger partial charge in [0.1, 0.15) is 18.9 Å². The number of carbonyl (C=O) groups is 3. The van der Waals surface area contributed by atoms with Gasteiger partial charge in [0, 0.05) is 15.6 Å². The van der Waals surface area contributed by atoms with Gasteiger partial charge in [0.15, 0.2) is 0 Å². The van der Waals surface area contributed by atoms with Crippen LogP contribution in [0.4, 0.5) is 4.79 Å². The predicted molar refractivity (Wildman–Crippen MR) is 133 cm³/mol. The quantitative estimate of drug-likeness (QED) is 0.258. The third-order valence-electron chi connectivity index (χ3n) is 4.72. The molecule has 2 aromatic rings. The highest BCUT2D eigenvalue weighted by molar-refractivity contribution is 9.10. The molecule has 174 valence electrons. The summed E-state index contributed by atoms with van der Waals surface area (Å²) in [5.74, 6) is -0.558. The van der Waals surface area contributed by atoms with E-state index >= 15 is 0 Å². The molecule has 0 radical (unpaired) electrons. The number of benzene rings is 2. The normalized spacial score (nSPS) is 15.8. The van der Waals surface area contributed by atoms with Crippen LogP contribution in [-0.2, 0) is 20.9 Å². The number of thioether (sulfide) groups is 1. The molecule has 1 aliphatic heterocycles. The van der Waals surface area contributed by atoms with Crippen molar-refractivity contribution in [3.05, 3.63) is 66.9 Å². The first-order valence-corrected chi connectivity index (χ1v) is 12.4. The lowest BCUT2D eigenvalue weighted by molar-refractivity contribution is -0.150. The van der Waals surface area contributed by atoms with Gasteiger partial charge in [-0.25, -0.2) is 0 Å². The fraction of sp³-hybridized carbons (Fsp3) is 0.261. The van der Waals surface area contributed by atoms with E-state index in [-0.39, 0.29) is 17.6 Å². The molecule has 10 heteroatoms. The Bertz CT molecular complexity index is 1120. The monoisotopic (exact) mass is 571 g/mol. The zero-order valence-electron chi connectivity index (χ0n) is 17.8. The smallest absolute Gasteiger partial charge is 0.326 e. The second-order valence-electron chi connectivity index (χ2n) is 7.19. The number of halogens is 3. The highest BCUT2D eigenvalue weighted by atomic mass is 79.9. The molecular weight excluding hydrogens is 553 g/mol. The lowest BCUT2D eigenvalue weighted by atomic mass is 10.2. The lowest BCUT2D eigenvalue weighted by Gasteiger charge is -2.14. The Morgan fingerprint density at radius 1 is 1.21 bits per heavy atom. The van der Waals surface area contributed by atoms with Gasteiger partial charge in [0.2, 0.25) is 0 Å². The van der Waals surface area contributed by atoms with E-state index in [1.165, 1.54) is 0 Å². The van der Waals surface area contributed by atoms with Crippen LogP contribution in [0, 0.1) is 0 Å². The van der Waals surface area contributed by atoms with Crippen LogP contribution in [0.5, 0.6) is 5.75 Å². The maximum atomic E-state index is 12.6. The summed E-state index contributed by atoms with van der Waals surface area (Å²) in [6.07, 6.45) is 1.96. The molecule has 33 heavy (non-hydrogen) atoms. The molecule has 0 saturated carbocycles. The molecule has 6 nitrogen and oxygen atoms in total. The van der Waals surface area contributed by atoms with Gasteiger partial charge in [-0.15, -0.1) is 0 Å². The second kappa shape index (κ2) is 11.4. The van der Waals surface area contributed by atoms with Crippen molar-refractivity contribution in [1.82, 2.24) is 4.90 Å². The van der Waals surface area contributed by atoms with Crippen LogP contribution < -0.4 is 4.74 Å². The van der Waals surface area contributed by atoms with E-state index in [9.17, 15) is 14.4 Å². The molecule has 2 aromatic carbocycles. The minimum atomic E-state index is -0.613. The second-order valence-corrected chi connectivity index (χ2v) is 9.88. The Balaban J connectivity index is 1.67. The molecule has 0 unspecified atom stereocenters. The van der Waals surface area contributed by atoms with E-state index in [1.54, 1.807) is 49.4 Å². The maximum absolute atomic E-state index is 12.6. The summed E-state index contributed by atoms with van der Waals surface area (Å²) in [6, 6.07) is 10.5. The Morgan fingerprint density at radius 3 is 2.64 bits per heavy atom. The topological polar surface area (TPSA) is 72.9 Å². The van der Waals surface area contributed by atoms with Crippen molar-refractivity contribution in [2.75, 3.05) is 6.54 Å². The van der Waals surface area contributed by atoms with Crippen molar-refractivity contribution in [3.8, 4) is 5.75 Å². The van der Waals surface area contributed by atoms with E-state index < -0.39 is 23.7 Å². The summed E-state index contributed by atoms with van der Waals surface area (Å²) in [5.41, 5.74) is 1.48. The van der Waals surface area contributed by atoms with Crippen molar-refractivity contribution < 1.29 is 23.9 Å². The molecule has 1 heterocycles. The molecule has 0 bridgehead atoms. The number of hydrogen-bond donors (Lipinski definition) is 0. The van der Waals surface area contributed by atoms with Gasteiger partial charge in [-0.05, 0) is 76.9 Å². The van der Waals surface area contributed by atoms with Crippen LogP contribution in [0.1, 0.15) is 31.4 Å². The zero-order valence-corrected chi connectivity index (χ0v) is 21.7. The minimum absolute atomic E-state index is 0.227. The van der Waals surface area contributed by atoms with Gasteiger partial charge < -0.3 is 9.47 Å². The largest absolute Gasteiger partial charge is 0.488 e. The van der Waals surface area contributed by atoms with Gasteiger partial charge in [0.05, 0.1) is 15.5 Å². The van der Waals surface area contributed by atoms with Crippen molar-refractivity contribution in [3.63, 3.8) is 0 Å². The number of ether oxygens (including phenoxy) is 2. The molecule has 1 aliphatic rings. The molecule has 1 atom stereocenters. The van der Waals surface area contributed by atoms with Crippen molar-refractivity contribution >= 4 is 74.1 Å². The van der Waals surface area contributed by atoms with Crippen LogP contribution in [0.15, 0.2) is 45.8 Å². The van der Waals surface area contributed by atoms with Gasteiger partial charge >= 0.3 is 5.97 Å². The highest BCUT2D eigenvalue weighted by Gasteiger charge is 2.36. The summed E-state index contributed by atoms with van der Waals surface area (Å²) in [7, 11) is 0. The fourth-order valence-corrected chi connectivity index (χ4v) is 4.59. The van der Waals surface area contributed by atoms with Gasteiger partial charge in [-0.2, -0.15) is 0 Å². The first-order valence-electron chi connectivity index (χ1n) is 9.99. The Hall–Kier alpha value is -2.00. The molecule has 0 aliphatic carbocycles. The minimum Gasteiger partial charge on any atom is -0.488 e. The number of nitrogens with zero attached hydrogens (tertiary/aromatic N) is 1. The zero-order chi connectivity index (χ0) is 24.1. The molecule has 1 fully saturated rings. The molecule has 2 amide bonds. The average molecular weight is 573 g/mol. The van der Waals surface area contributed by atoms with E-state index in [2.05, 4.69) is 15.9 Å². The number of rotatable bonds is 8. The van der Waals surface area contributed by atoms with E-state index in [0.717, 1.165) is 22.2 Å². The van der Waals surface area contributed by atoms with E-state index in [4.69, 9.17) is 32.7 Å². The first-order chi connectivity index (χ1) is 15.7. The van der Waals surface area contributed by atoms with E-state index in [1.807, 2.05) is 6.92 Å². The van der Waals surface area contributed by atoms with Crippen LogP contribution in [0.25, 0.3) is 6.08 Å². The summed E-state index contributed by atoms with van der Waals surface area (Å²) in [6.45, 7) is 3.47. The summed E-state index contributed by atoms with van der Waals surface area (Å²) in [5, 5.41) is 0.552. The standard InChI is InChI=1S/C23H20BrCl2NO5S/c1-3-13(2)32-21(28)11-27-22(29)20(33-23(27)30)9-14-4-7-19(17(24)8-14)31-12-15-5-6-16(25)10-18(15)26/h4-10,13H,3,11-12H2,1-2H3/b20-9+/t13-/m0/s1. The number of amides is 2. The van der Waals surface area contributed by atoms with Crippen molar-refractivity contribution in [2.24, 2.45) is 0 Å². The molecular formula is C23H20BrCl2NO5S. The van der Waals surface area contributed by atoms with Crippen molar-refractivity contribution in [1.29, 1.82) is 0 Å². The number of hydrogen-bond acceptors (Lipinski definition) is 6. The summed E-state index contributed by atoms with van der Waals surface area (Å²) in [4.78, 5) is 38.0. The highest BCUT2D eigenvalue weighted by Crippen LogP contribution is 2.34. The number of imide groups is 1. The Morgan fingerprint density at radius 2 is 1.97 bits per heavy atom. The molecule has 0 spiro atoms. The van der Waals surface area contributed by atoms with E-state index in [0.29, 0.717) is 32.3 Å². The Kier molecular flexibility index (Phi) is 8.87. The van der Waals surface area contributed by atoms with Gasteiger partial charge in [-0.3, -0.25) is 19.3 Å². The van der Waals surface area contributed by atoms with Crippen LogP contribution in [0.3, 0.4) is 0 Å². The first kappa shape index (κ1) is 25.6. The molecule has 3 rings (SSSR count). The predicted octanol–water partition coefficient (Wildman–Crippen LogP) is 6.71. The van der Waals surface area contributed by atoms with Crippen molar-refractivity contribution in [2.45, 2.75) is 33.0 Å². The lowest BCUT2D eigenvalue weighted by Crippen LogP contribution is -2.35. The van der Waals surface area contributed by atoms with Crippen LogP contribution >= 0.6 is 50.9 Å². The molecule has 0 N–H and O–H groups in total. The average Bonchev–Trinajstić information content (AvgIpc) is 3.01. The summed E-state index contributed by atoms with van der Waals surface area (Å²) < 4.78 is 11.7. The van der Waals surface area contributed by atoms with Gasteiger partial charge in [0.25, 0.3) is 11.1 Å². The number of carbonyl (C=O) groups excluding carboxylic acids is 3. The molecule has 1 saturated heterocycles. The van der Waals surface area contributed by atoms with Crippen LogP contribution in [0.2, 0.25) is 10.0 Å². The third-order valence-corrected chi connectivity index (χ3v) is 6.83. The van der Waals surface area contributed by atoms with Gasteiger partial charge in [-0.1, -0.05) is 42.3 Å². The summed E-state index contributed by atoms with van der Waals surface area (Å²) >= 11 is 16.3.